The average Bonchev–Trinajstić information content (AvgIpc) is 1.21. The first-order valence-corrected chi connectivity index (χ1v) is 31.1. The van der Waals surface area contributed by atoms with E-state index in [1.807, 2.05) is 17.4 Å². The number of thiophene rings is 1. The van der Waals surface area contributed by atoms with Crippen molar-refractivity contribution in [2.75, 3.05) is 0 Å². The Morgan fingerprint density at radius 3 is 1.28 bits per heavy atom. The molecule has 0 saturated carbocycles. The van der Waals surface area contributed by atoms with Gasteiger partial charge in [-0.05, 0) is 174 Å². The molecule has 2 heterocycles. The Hall–Kier alpha value is -11.2. The van der Waals surface area contributed by atoms with Crippen molar-refractivity contribution in [3.8, 4) is 89.0 Å². The van der Waals surface area contributed by atoms with E-state index in [9.17, 15) is 0 Å². The zero-order valence-electron chi connectivity index (χ0n) is 47.8. The van der Waals surface area contributed by atoms with Gasteiger partial charge >= 0.3 is 0 Å². The number of hydrogen-bond acceptors (Lipinski definition) is 2. The molecular formula is C86H52OS. The largest absolute Gasteiger partial charge is 0.455 e. The Bertz CT molecular complexity index is 5760. The maximum atomic E-state index is 6.54. The van der Waals surface area contributed by atoms with Gasteiger partial charge in [-0.1, -0.05) is 279 Å². The summed E-state index contributed by atoms with van der Waals surface area (Å²) >= 11 is 1.87. The Labute approximate surface area is 512 Å². The maximum absolute atomic E-state index is 6.54. The summed E-state index contributed by atoms with van der Waals surface area (Å²) in [6.07, 6.45) is 0. The van der Waals surface area contributed by atoms with Crippen molar-refractivity contribution >= 4 is 107 Å². The van der Waals surface area contributed by atoms with Gasteiger partial charge in [0.25, 0.3) is 0 Å². The van der Waals surface area contributed by atoms with E-state index in [4.69, 9.17) is 4.42 Å². The van der Waals surface area contributed by atoms with Crippen LogP contribution in [-0.2, 0) is 0 Å². The Balaban J connectivity index is 0.709. The number of benzene rings is 16. The van der Waals surface area contributed by atoms with Crippen molar-refractivity contribution < 1.29 is 4.42 Å². The molecule has 2 heteroatoms. The molecule has 18 rings (SSSR count). The van der Waals surface area contributed by atoms with E-state index >= 15 is 0 Å². The SMILES string of the molecule is c1cc(-c2c3ccccc3c(-c3ccc(-c4cccc5cc(-c6ccccc6-c6ccccc6-c6c7ccccc7c(-c7ccc8sc9ccccc9c8c7)c7ccccc67)ccc45)cc3)c3ccccc23)cc(-c2cccc3c2oc2ccccc23)c1. The Morgan fingerprint density at radius 2 is 0.614 bits per heavy atom. The molecule has 0 aliphatic heterocycles. The second-order valence-electron chi connectivity index (χ2n) is 23.3. The number of hydrogen-bond donors (Lipinski definition) is 0. The van der Waals surface area contributed by atoms with E-state index in [-0.39, 0.29) is 0 Å². The van der Waals surface area contributed by atoms with Gasteiger partial charge in [-0.25, -0.2) is 0 Å². The van der Waals surface area contributed by atoms with Gasteiger partial charge in [-0.2, -0.15) is 0 Å². The lowest BCUT2D eigenvalue weighted by molar-refractivity contribution is 0.670. The van der Waals surface area contributed by atoms with Gasteiger partial charge in [0.1, 0.15) is 11.2 Å². The number of rotatable bonds is 8. The van der Waals surface area contributed by atoms with Crippen LogP contribution in [-0.4, -0.2) is 0 Å². The summed E-state index contributed by atoms with van der Waals surface area (Å²) in [5.41, 5.74) is 21.1. The minimum atomic E-state index is 0.906. The van der Waals surface area contributed by atoms with Crippen molar-refractivity contribution in [1.82, 2.24) is 0 Å². The minimum Gasteiger partial charge on any atom is -0.455 e. The van der Waals surface area contributed by atoms with Gasteiger partial charge in [0.05, 0.1) is 0 Å². The van der Waals surface area contributed by atoms with Crippen LogP contribution in [0.15, 0.2) is 320 Å². The first-order chi connectivity index (χ1) is 43.7. The fourth-order valence-corrected chi connectivity index (χ4v) is 15.7. The second kappa shape index (κ2) is 20.2. The van der Waals surface area contributed by atoms with Crippen LogP contribution in [0.25, 0.3) is 185 Å². The van der Waals surface area contributed by atoms with Crippen molar-refractivity contribution in [2.45, 2.75) is 0 Å². The third-order valence-corrected chi connectivity index (χ3v) is 19.6. The fourth-order valence-electron chi connectivity index (χ4n) is 14.6. The van der Waals surface area contributed by atoms with Gasteiger partial charge < -0.3 is 4.42 Å². The highest BCUT2D eigenvalue weighted by Crippen LogP contribution is 2.50. The molecule has 2 aromatic heterocycles. The van der Waals surface area contributed by atoms with Crippen LogP contribution in [0, 0.1) is 0 Å². The summed E-state index contributed by atoms with van der Waals surface area (Å²) in [6, 6.07) is 117. The van der Waals surface area contributed by atoms with E-state index in [2.05, 4.69) is 309 Å². The van der Waals surface area contributed by atoms with Gasteiger partial charge in [-0.3, -0.25) is 0 Å². The highest BCUT2D eigenvalue weighted by molar-refractivity contribution is 7.25. The van der Waals surface area contributed by atoms with E-state index in [0.717, 1.165) is 33.1 Å². The number of furan rings is 1. The summed E-state index contributed by atoms with van der Waals surface area (Å²) in [5.74, 6) is 0. The lowest BCUT2D eigenvalue weighted by atomic mass is 9.82. The average molecular weight is 1130 g/mol. The molecule has 0 bridgehead atoms. The topological polar surface area (TPSA) is 13.1 Å². The smallest absolute Gasteiger partial charge is 0.143 e. The van der Waals surface area contributed by atoms with Crippen LogP contribution in [0.3, 0.4) is 0 Å². The Kier molecular flexibility index (Phi) is 11.5. The zero-order chi connectivity index (χ0) is 57.8. The molecular weight excluding hydrogens is 1080 g/mol. The first kappa shape index (κ1) is 50.2. The fraction of sp³-hybridized carbons (Fsp3) is 0. The molecule has 0 N–H and O–H groups in total. The van der Waals surface area contributed by atoms with E-state index in [1.165, 1.54) is 152 Å². The maximum Gasteiger partial charge on any atom is 0.143 e. The summed E-state index contributed by atoms with van der Waals surface area (Å²) in [4.78, 5) is 0. The first-order valence-electron chi connectivity index (χ1n) is 30.3. The van der Waals surface area contributed by atoms with E-state index < -0.39 is 0 Å². The highest BCUT2D eigenvalue weighted by atomic mass is 32.1. The molecule has 0 aliphatic rings. The van der Waals surface area contributed by atoms with Crippen LogP contribution in [0.1, 0.15) is 0 Å². The lowest BCUT2D eigenvalue weighted by Crippen LogP contribution is -1.93. The van der Waals surface area contributed by atoms with E-state index in [0.29, 0.717) is 0 Å². The van der Waals surface area contributed by atoms with Crippen molar-refractivity contribution in [2.24, 2.45) is 0 Å². The molecule has 0 saturated heterocycles. The van der Waals surface area contributed by atoms with Crippen molar-refractivity contribution in [3.63, 3.8) is 0 Å². The van der Waals surface area contributed by atoms with Crippen molar-refractivity contribution in [3.05, 3.63) is 315 Å². The third-order valence-electron chi connectivity index (χ3n) is 18.5. The molecule has 408 valence electrons. The minimum absolute atomic E-state index is 0.906. The second-order valence-corrected chi connectivity index (χ2v) is 24.3. The monoisotopic (exact) mass is 1130 g/mol. The summed E-state index contributed by atoms with van der Waals surface area (Å²) < 4.78 is 9.18. The molecule has 16 aromatic carbocycles. The summed E-state index contributed by atoms with van der Waals surface area (Å²) in [7, 11) is 0. The van der Waals surface area contributed by atoms with Gasteiger partial charge in [-0.15, -0.1) is 11.3 Å². The normalized spacial score (nSPS) is 11.9. The number of para-hydroxylation sites is 2. The molecule has 0 aliphatic carbocycles. The zero-order valence-corrected chi connectivity index (χ0v) is 48.7. The molecule has 0 radical (unpaired) electrons. The van der Waals surface area contributed by atoms with Crippen LogP contribution in [0.4, 0.5) is 0 Å². The lowest BCUT2D eigenvalue weighted by Gasteiger charge is -2.21. The van der Waals surface area contributed by atoms with Crippen LogP contribution < -0.4 is 0 Å². The molecule has 88 heavy (non-hydrogen) atoms. The van der Waals surface area contributed by atoms with Crippen LogP contribution in [0.5, 0.6) is 0 Å². The summed E-state index contributed by atoms with van der Waals surface area (Å²) in [5, 5.41) is 17.2. The van der Waals surface area contributed by atoms with Crippen LogP contribution in [0.2, 0.25) is 0 Å². The molecule has 0 fully saturated rings. The molecule has 0 spiro atoms. The van der Waals surface area contributed by atoms with Crippen LogP contribution >= 0.6 is 11.3 Å². The Morgan fingerprint density at radius 1 is 0.193 bits per heavy atom. The van der Waals surface area contributed by atoms with Gasteiger partial charge in [0.2, 0.25) is 0 Å². The standard InChI is InChI=1S/C86H52OS/c1-2-24-64(65-25-3-4-28-68(65)85-75-35-11-9-33-73(75)84(74-34-10-12-36-76(74)85)59-47-49-81-78(52-59)67-27-14-16-41-80(67)88-81)61(23-1)57-46-48-62-55(50-57)21-18-37-60(62)53-42-44-54(45-43-53)82-69-29-5-7-31-71(69)83(72-32-8-6-30-70(72)82)58-22-17-20-56(51-58)63-38-19-39-77-66-26-13-15-40-79(66)87-86(63)77/h1-52H. The third kappa shape index (κ3) is 7.93. The van der Waals surface area contributed by atoms with E-state index in [1.54, 1.807) is 0 Å². The highest BCUT2D eigenvalue weighted by Gasteiger charge is 2.23. The predicted octanol–water partition coefficient (Wildman–Crippen LogP) is 25.1. The van der Waals surface area contributed by atoms with Gasteiger partial charge in [0, 0.05) is 36.5 Å². The predicted molar refractivity (Wildman–Crippen MR) is 378 cm³/mol. The molecule has 1 nitrogen and oxygen atoms in total. The van der Waals surface area contributed by atoms with Crippen molar-refractivity contribution in [1.29, 1.82) is 0 Å². The molecule has 0 amide bonds. The molecule has 0 unspecified atom stereocenters. The van der Waals surface area contributed by atoms with Gasteiger partial charge in [0.15, 0.2) is 0 Å². The molecule has 18 aromatic rings. The number of fused-ring (bicyclic) bond motifs is 11. The molecule has 0 atom stereocenters. The quantitative estimate of drug-likeness (QED) is 0.138. The summed E-state index contributed by atoms with van der Waals surface area (Å²) in [6.45, 7) is 0.